The molecule has 1 N–H and O–H groups in total. The third-order valence-corrected chi connectivity index (χ3v) is 5.18. The summed E-state index contributed by atoms with van der Waals surface area (Å²) in [6, 6.07) is 10.2. The minimum atomic E-state index is 0. The van der Waals surface area contributed by atoms with Gasteiger partial charge in [0.05, 0.1) is 42.0 Å². The van der Waals surface area contributed by atoms with Crippen LogP contribution >= 0.6 is 12.4 Å². The van der Waals surface area contributed by atoms with Gasteiger partial charge in [-0.05, 0) is 11.6 Å². The Hall–Kier alpha value is -3.23. The van der Waals surface area contributed by atoms with E-state index in [9.17, 15) is 4.79 Å². The Bertz CT molecular complexity index is 1180. The predicted molar refractivity (Wildman–Crippen MR) is 116 cm³/mol. The standard InChI is InChI=1S/C21H21N7O.ClH/c1-26-13-17(10-24-26)18-14-28-19(6-7-23-28)21(25-18)16-4-2-15(3-5-16)12-27-9-8-22-11-20(27)29;/h2-7,10,13-14,22H,8-9,11-12H2,1H3;1H. The number of hydrogen-bond acceptors (Lipinski definition) is 5. The van der Waals surface area contributed by atoms with Gasteiger partial charge in [0.2, 0.25) is 5.91 Å². The van der Waals surface area contributed by atoms with Gasteiger partial charge in [0.15, 0.2) is 0 Å². The second-order valence-corrected chi connectivity index (χ2v) is 7.23. The zero-order valence-electron chi connectivity index (χ0n) is 16.5. The number of rotatable bonds is 4. The number of nitrogens with zero attached hydrogens (tertiary/aromatic N) is 6. The molecule has 1 saturated heterocycles. The first-order chi connectivity index (χ1) is 14.2. The van der Waals surface area contributed by atoms with Gasteiger partial charge in [-0.15, -0.1) is 12.4 Å². The molecule has 4 heterocycles. The van der Waals surface area contributed by atoms with Crippen LogP contribution in [0.4, 0.5) is 0 Å². The van der Waals surface area contributed by atoms with Crippen LogP contribution in [-0.4, -0.2) is 54.8 Å². The van der Waals surface area contributed by atoms with Crippen molar-refractivity contribution in [1.29, 1.82) is 0 Å². The minimum Gasteiger partial charge on any atom is -0.336 e. The van der Waals surface area contributed by atoms with E-state index in [2.05, 4.69) is 39.8 Å². The monoisotopic (exact) mass is 423 g/mol. The number of carbonyl (C=O) groups excluding carboxylic acids is 1. The fourth-order valence-corrected chi connectivity index (χ4v) is 3.63. The van der Waals surface area contributed by atoms with Gasteiger partial charge in [-0.25, -0.2) is 9.50 Å². The van der Waals surface area contributed by atoms with Gasteiger partial charge in [0.1, 0.15) is 0 Å². The smallest absolute Gasteiger partial charge is 0.236 e. The number of aryl methyl sites for hydroxylation is 1. The third kappa shape index (κ3) is 3.79. The van der Waals surface area contributed by atoms with Gasteiger partial charge in [0.25, 0.3) is 0 Å². The summed E-state index contributed by atoms with van der Waals surface area (Å²) in [6.07, 6.45) is 7.43. The molecule has 154 valence electrons. The first-order valence-electron chi connectivity index (χ1n) is 9.58. The van der Waals surface area contributed by atoms with Gasteiger partial charge < -0.3 is 10.2 Å². The van der Waals surface area contributed by atoms with E-state index in [1.165, 1.54) is 0 Å². The largest absolute Gasteiger partial charge is 0.336 e. The third-order valence-electron chi connectivity index (χ3n) is 5.18. The summed E-state index contributed by atoms with van der Waals surface area (Å²) in [5.41, 5.74) is 5.70. The Balaban J connectivity index is 0.00000218. The average molecular weight is 424 g/mol. The highest BCUT2D eigenvalue weighted by Crippen LogP contribution is 2.27. The number of amides is 1. The van der Waals surface area contributed by atoms with Crippen LogP contribution in [0.5, 0.6) is 0 Å². The molecule has 0 aliphatic carbocycles. The van der Waals surface area contributed by atoms with Gasteiger partial charge in [0, 0.05) is 44.0 Å². The van der Waals surface area contributed by atoms with E-state index in [1.54, 1.807) is 17.1 Å². The molecule has 0 bridgehead atoms. The zero-order chi connectivity index (χ0) is 19.8. The molecule has 0 atom stereocenters. The van der Waals surface area contributed by atoms with Crippen molar-refractivity contribution in [2.75, 3.05) is 19.6 Å². The molecular weight excluding hydrogens is 402 g/mol. The lowest BCUT2D eigenvalue weighted by Crippen LogP contribution is -2.47. The molecule has 0 spiro atoms. The molecule has 0 saturated carbocycles. The molecule has 4 aromatic rings. The van der Waals surface area contributed by atoms with E-state index in [0.29, 0.717) is 13.1 Å². The maximum Gasteiger partial charge on any atom is 0.236 e. The summed E-state index contributed by atoms with van der Waals surface area (Å²) in [4.78, 5) is 18.8. The van der Waals surface area contributed by atoms with E-state index in [0.717, 1.165) is 46.7 Å². The molecule has 8 nitrogen and oxygen atoms in total. The van der Waals surface area contributed by atoms with E-state index in [1.807, 2.05) is 34.9 Å². The molecule has 0 unspecified atom stereocenters. The molecule has 1 aliphatic rings. The van der Waals surface area contributed by atoms with Crippen LogP contribution < -0.4 is 5.32 Å². The predicted octanol–water partition coefficient (Wildman–Crippen LogP) is 2.15. The van der Waals surface area contributed by atoms with Gasteiger partial charge >= 0.3 is 0 Å². The van der Waals surface area contributed by atoms with Crippen LogP contribution in [0.25, 0.3) is 28.0 Å². The molecule has 1 aliphatic heterocycles. The number of piperazine rings is 1. The molecule has 1 fully saturated rings. The van der Waals surface area contributed by atoms with Crippen molar-refractivity contribution in [2.45, 2.75) is 6.54 Å². The number of fused-ring (bicyclic) bond motifs is 1. The lowest BCUT2D eigenvalue weighted by molar-refractivity contribution is -0.132. The fourth-order valence-electron chi connectivity index (χ4n) is 3.63. The number of halogens is 1. The summed E-state index contributed by atoms with van der Waals surface area (Å²) >= 11 is 0. The molecule has 1 amide bonds. The Labute approximate surface area is 179 Å². The number of benzene rings is 1. The van der Waals surface area contributed by atoms with Gasteiger partial charge in [-0.1, -0.05) is 24.3 Å². The Morgan fingerprint density at radius 2 is 1.90 bits per heavy atom. The fraction of sp³-hybridized carbons (Fsp3) is 0.238. The maximum atomic E-state index is 12.0. The highest BCUT2D eigenvalue weighted by atomic mass is 35.5. The van der Waals surface area contributed by atoms with E-state index >= 15 is 0 Å². The van der Waals surface area contributed by atoms with E-state index in [4.69, 9.17) is 4.98 Å². The van der Waals surface area contributed by atoms with Gasteiger partial charge in [-0.2, -0.15) is 10.2 Å². The van der Waals surface area contributed by atoms with Crippen molar-refractivity contribution in [3.05, 3.63) is 60.7 Å². The number of nitrogens with one attached hydrogen (secondary N) is 1. The molecule has 3 aromatic heterocycles. The molecule has 5 rings (SSSR count). The highest BCUT2D eigenvalue weighted by Gasteiger charge is 2.18. The molecule has 1 aromatic carbocycles. The normalized spacial score (nSPS) is 14.2. The van der Waals surface area contributed by atoms with Crippen molar-refractivity contribution < 1.29 is 4.79 Å². The zero-order valence-corrected chi connectivity index (χ0v) is 17.3. The Kier molecular flexibility index (Phi) is 5.52. The van der Waals surface area contributed by atoms with Crippen LogP contribution in [0.15, 0.2) is 55.1 Å². The van der Waals surface area contributed by atoms with Crippen molar-refractivity contribution in [3.8, 4) is 22.5 Å². The topological polar surface area (TPSA) is 80.4 Å². The van der Waals surface area contributed by atoms with Crippen molar-refractivity contribution in [2.24, 2.45) is 7.05 Å². The van der Waals surface area contributed by atoms with Crippen LogP contribution in [0, 0.1) is 0 Å². The van der Waals surface area contributed by atoms with Crippen LogP contribution in [0.3, 0.4) is 0 Å². The lowest BCUT2D eigenvalue weighted by Gasteiger charge is -2.27. The average Bonchev–Trinajstić information content (AvgIpc) is 3.38. The van der Waals surface area contributed by atoms with Gasteiger partial charge in [-0.3, -0.25) is 9.48 Å². The molecule has 0 radical (unpaired) electrons. The Morgan fingerprint density at radius 3 is 2.63 bits per heavy atom. The molecule has 9 heteroatoms. The maximum absolute atomic E-state index is 12.0. The first-order valence-corrected chi connectivity index (χ1v) is 9.58. The second kappa shape index (κ2) is 8.25. The quantitative estimate of drug-likeness (QED) is 0.544. The first kappa shape index (κ1) is 20.1. The van der Waals surface area contributed by atoms with Crippen LogP contribution in [0.1, 0.15) is 5.56 Å². The number of hydrogen-bond donors (Lipinski definition) is 1. The Morgan fingerprint density at radius 1 is 1.07 bits per heavy atom. The van der Waals surface area contributed by atoms with E-state index < -0.39 is 0 Å². The van der Waals surface area contributed by atoms with Crippen molar-refractivity contribution in [3.63, 3.8) is 0 Å². The highest BCUT2D eigenvalue weighted by molar-refractivity contribution is 5.85. The molecular formula is C21H22ClN7O. The number of carbonyl (C=O) groups is 1. The van der Waals surface area contributed by atoms with Crippen LogP contribution in [-0.2, 0) is 18.4 Å². The summed E-state index contributed by atoms with van der Waals surface area (Å²) in [5, 5.41) is 11.7. The SMILES string of the molecule is Cl.Cn1cc(-c2cn3nccc3c(-c3ccc(CN4CCNCC4=O)cc3)n2)cn1. The number of aromatic nitrogens is 5. The summed E-state index contributed by atoms with van der Waals surface area (Å²) in [7, 11) is 1.89. The van der Waals surface area contributed by atoms with E-state index in [-0.39, 0.29) is 18.3 Å². The van der Waals surface area contributed by atoms with Crippen LogP contribution in [0.2, 0.25) is 0 Å². The summed E-state index contributed by atoms with van der Waals surface area (Å²) < 4.78 is 3.61. The molecule has 30 heavy (non-hydrogen) atoms. The summed E-state index contributed by atoms with van der Waals surface area (Å²) in [5.74, 6) is 0.145. The van der Waals surface area contributed by atoms with Crippen molar-refractivity contribution >= 4 is 23.8 Å². The summed E-state index contributed by atoms with van der Waals surface area (Å²) in [6.45, 7) is 2.63. The second-order valence-electron chi connectivity index (χ2n) is 7.23. The lowest BCUT2D eigenvalue weighted by atomic mass is 10.1. The van der Waals surface area contributed by atoms with Crippen molar-refractivity contribution in [1.82, 2.24) is 34.6 Å². The minimum absolute atomic E-state index is 0.